The quantitative estimate of drug-likeness (QED) is 0.268. The Morgan fingerprint density at radius 3 is 2.65 bits per heavy atom. The molecule has 0 atom stereocenters. The van der Waals surface area contributed by atoms with E-state index in [1.807, 2.05) is 42.9 Å². The Labute approximate surface area is 172 Å². The predicted octanol–water partition coefficient (Wildman–Crippen LogP) is 2.59. The second kappa shape index (κ2) is 11.8. The SMILES string of the molecule is CCNC(=NCc1ccc(-n2nc(C)cc2C)nc1)NCCCOC.I. The van der Waals surface area contributed by atoms with Gasteiger partial charge in [0.2, 0.25) is 0 Å². The standard InChI is InChI=1S/C18H28N6O.HI/c1-5-19-18(20-9-6-10-25-4)22-13-16-7-8-17(21-12-16)24-15(3)11-14(2)23-24;/h7-8,11-12H,5-6,9-10,13H2,1-4H3,(H2,19,20,22);1H. The van der Waals surface area contributed by atoms with E-state index in [1.54, 1.807) is 7.11 Å². The summed E-state index contributed by atoms with van der Waals surface area (Å²) >= 11 is 0. The molecular weight excluding hydrogens is 443 g/mol. The molecule has 0 aliphatic carbocycles. The van der Waals surface area contributed by atoms with E-state index in [4.69, 9.17) is 4.74 Å². The van der Waals surface area contributed by atoms with Gasteiger partial charge in [-0.2, -0.15) is 5.10 Å². The van der Waals surface area contributed by atoms with Gasteiger partial charge in [0.15, 0.2) is 11.8 Å². The molecule has 8 heteroatoms. The third kappa shape index (κ3) is 6.91. The summed E-state index contributed by atoms with van der Waals surface area (Å²) in [6, 6.07) is 6.05. The summed E-state index contributed by atoms with van der Waals surface area (Å²) in [6.07, 6.45) is 2.80. The number of guanidine groups is 1. The van der Waals surface area contributed by atoms with Crippen LogP contribution < -0.4 is 10.6 Å². The number of pyridine rings is 1. The van der Waals surface area contributed by atoms with Crippen molar-refractivity contribution in [3.63, 3.8) is 0 Å². The number of rotatable bonds is 8. The highest BCUT2D eigenvalue weighted by atomic mass is 127. The minimum Gasteiger partial charge on any atom is -0.385 e. The molecule has 0 saturated heterocycles. The van der Waals surface area contributed by atoms with Crippen molar-refractivity contribution in [2.45, 2.75) is 33.7 Å². The topological polar surface area (TPSA) is 76.4 Å². The molecule has 0 bridgehead atoms. The lowest BCUT2D eigenvalue weighted by atomic mass is 10.3. The van der Waals surface area contributed by atoms with Crippen LogP contribution in [0.2, 0.25) is 0 Å². The summed E-state index contributed by atoms with van der Waals surface area (Å²) < 4.78 is 6.91. The van der Waals surface area contributed by atoms with Gasteiger partial charge >= 0.3 is 0 Å². The number of halogens is 1. The molecule has 0 spiro atoms. The summed E-state index contributed by atoms with van der Waals surface area (Å²) in [6.45, 7) is 9.03. The van der Waals surface area contributed by atoms with Crippen molar-refractivity contribution in [2.24, 2.45) is 4.99 Å². The maximum Gasteiger partial charge on any atom is 0.191 e. The number of nitrogens with zero attached hydrogens (tertiary/aromatic N) is 4. The molecule has 0 amide bonds. The Balaban J connectivity index is 0.00000338. The molecule has 0 aliphatic heterocycles. The normalized spacial score (nSPS) is 11.2. The highest BCUT2D eigenvalue weighted by molar-refractivity contribution is 14.0. The molecule has 144 valence electrons. The van der Waals surface area contributed by atoms with Crippen molar-refractivity contribution in [1.82, 2.24) is 25.4 Å². The monoisotopic (exact) mass is 472 g/mol. The fraction of sp³-hybridized carbons (Fsp3) is 0.500. The van der Waals surface area contributed by atoms with Gasteiger partial charge in [-0.1, -0.05) is 6.07 Å². The summed E-state index contributed by atoms with van der Waals surface area (Å²) in [4.78, 5) is 9.10. The number of aryl methyl sites for hydroxylation is 2. The number of hydrogen-bond acceptors (Lipinski definition) is 4. The molecule has 0 aromatic carbocycles. The van der Waals surface area contributed by atoms with E-state index in [1.165, 1.54) is 0 Å². The van der Waals surface area contributed by atoms with Crippen LogP contribution in [0.4, 0.5) is 0 Å². The van der Waals surface area contributed by atoms with E-state index in [-0.39, 0.29) is 24.0 Å². The highest BCUT2D eigenvalue weighted by Gasteiger charge is 2.05. The van der Waals surface area contributed by atoms with E-state index in [0.29, 0.717) is 6.54 Å². The second-order valence-electron chi connectivity index (χ2n) is 5.83. The van der Waals surface area contributed by atoms with Crippen LogP contribution in [0.15, 0.2) is 29.4 Å². The van der Waals surface area contributed by atoms with E-state index >= 15 is 0 Å². The number of ether oxygens (including phenoxy) is 1. The molecule has 7 nitrogen and oxygen atoms in total. The summed E-state index contributed by atoms with van der Waals surface area (Å²) in [5, 5.41) is 11.0. The first-order valence-corrected chi connectivity index (χ1v) is 8.63. The molecule has 2 N–H and O–H groups in total. The van der Waals surface area contributed by atoms with E-state index in [2.05, 4.69) is 32.6 Å². The van der Waals surface area contributed by atoms with Gasteiger partial charge in [-0.25, -0.2) is 14.7 Å². The molecule has 2 aromatic rings. The molecule has 0 aliphatic rings. The molecule has 2 rings (SSSR count). The summed E-state index contributed by atoms with van der Waals surface area (Å²) in [7, 11) is 1.71. The van der Waals surface area contributed by atoms with Crippen molar-refractivity contribution < 1.29 is 4.74 Å². The van der Waals surface area contributed by atoms with Gasteiger partial charge in [0.1, 0.15) is 0 Å². The third-order valence-electron chi connectivity index (χ3n) is 3.62. The first-order chi connectivity index (χ1) is 12.1. The highest BCUT2D eigenvalue weighted by Crippen LogP contribution is 2.10. The summed E-state index contributed by atoms with van der Waals surface area (Å²) in [5.74, 6) is 1.63. The van der Waals surface area contributed by atoms with Crippen LogP contribution >= 0.6 is 24.0 Å². The molecule has 26 heavy (non-hydrogen) atoms. The minimum absolute atomic E-state index is 0. The minimum atomic E-state index is 0. The van der Waals surface area contributed by atoms with Crippen LogP contribution in [0, 0.1) is 13.8 Å². The molecule has 0 radical (unpaired) electrons. The Kier molecular flexibility index (Phi) is 10.2. The molecule has 0 fully saturated rings. The Morgan fingerprint density at radius 1 is 1.27 bits per heavy atom. The second-order valence-corrected chi connectivity index (χ2v) is 5.83. The fourth-order valence-corrected chi connectivity index (χ4v) is 2.43. The average Bonchev–Trinajstić information content (AvgIpc) is 2.95. The van der Waals surface area contributed by atoms with Crippen LogP contribution in [-0.2, 0) is 11.3 Å². The molecule has 2 heterocycles. The molecule has 0 saturated carbocycles. The Bertz CT molecular complexity index is 683. The molecule has 0 unspecified atom stereocenters. The van der Waals surface area contributed by atoms with Crippen molar-refractivity contribution in [3.05, 3.63) is 41.3 Å². The zero-order valence-corrected chi connectivity index (χ0v) is 18.3. The van der Waals surface area contributed by atoms with Gasteiger partial charge < -0.3 is 15.4 Å². The van der Waals surface area contributed by atoms with Gasteiger partial charge in [-0.05, 0) is 44.9 Å². The smallest absolute Gasteiger partial charge is 0.191 e. The fourth-order valence-electron chi connectivity index (χ4n) is 2.43. The number of aliphatic imine (C=N–C) groups is 1. The lowest BCUT2D eigenvalue weighted by Gasteiger charge is -2.11. The van der Waals surface area contributed by atoms with Crippen molar-refractivity contribution in [3.8, 4) is 5.82 Å². The first kappa shape index (κ1) is 22.4. The van der Waals surface area contributed by atoms with Crippen LogP contribution in [0.3, 0.4) is 0 Å². The lowest BCUT2D eigenvalue weighted by molar-refractivity contribution is 0.195. The van der Waals surface area contributed by atoms with E-state index < -0.39 is 0 Å². The van der Waals surface area contributed by atoms with Crippen molar-refractivity contribution in [2.75, 3.05) is 26.8 Å². The summed E-state index contributed by atoms with van der Waals surface area (Å²) in [5.41, 5.74) is 3.12. The van der Waals surface area contributed by atoms with Crippen LogP contribution in [0.5, 0.6) is 0 Å². The third-order valence-corrected chi connectivity index (χ3v) is 3.62. The number of methoxy groups -OCH3 is 1. The molecular formula is C18H29IN6O. The van der Waals surface area contributed by atoms with Gasteiger partial charge in [0.25, 0.3) is 0 Å². The van der Waals surface area contributed by atoms with Gasteiger partial charge in [-0.15, -0.1) is 24.0 Å². The Hall–Kier alpha value is -1.68. The Morgan fingerprint density at radius 2 is 2.08 bits per heavy atom. The van der Waals surface area contributed by atoms with E-state index in [9.17, 15) is 0 Å². The van der Waals surface area contributed by atoms with Crippen molar-refractivity contribution >= 4 is 29.9 Å². The predicted molar refractivity (Wildman–Crippen MR) is 116 cm³/mol. The first-order valence-electron chi connectivity index (χ1n) is 8.63. The maximum absolute atomic E-state index is 5.05. The van der Waals surface area contributed by atoms with Gasteiger partial charge in [-0.3, -0.25) is 0 Å². The maximum atomic E-state index is 5.05. The number of aromatic nitrogens is 3. The van der Waals surface area contributed by atoms with Crippen molar-refractivity contribution in [1.29, 1.82) is 0 Å². The number of hydrogen-bond donors (Lipinski definition) is 2. The van der Waals surface area contributed by atoms with Gasteiger partial charge in [0.05, 0.1) is 12.2 Å². The van der Waals surface area contributed by atoms with Crippen LogP contribution in [0.1, 0.15) is 30.3 Å². The largest absolute Gasteiger partial charge is 0.385 e. The van der Waals surface area contributed by atoms with Crippen LogP contribution in [-0.4, -0.2) is 47.5 Å². The zero-order chi connectivity index (χ0) is 18.1. The number of nitrogens with one attached hydrogen (secondary N) is 2. The average molecular weight is 472 g/mol. The van der Waals surface area contributed by atoms with Crippen LogP contribution in [0.25, 0.3) is 5.82 Å². The zero-order valence-electron chi connectivity index (χ0n) is 16.0. The van der Waals surface area contributed by atoms with Gasteiger partial charge in [0, 0.05) is 38.7 Å². The lowest BCUT2D eigenvalue weighted by Crippen LogP contribution is -2.38. The van der Waals surface area contributed by atoms with E-state index in [0.717, 1.165) is 54.8 Å². The molecule has 2 aromatic heterocycles.